The molecule has 1 aliphatic rings. The van der Waals surface area contributed by atoms with E-state index in [0.717, 1.165) is 0 Å². The van der Waals surface area contributed by atoms with E-state index in [-0.39, 0.29) is 6.79 Å². The molecular formula is C16H11FO3. The van der Waals surface area contributed by atoms with Gasteiger partial charge in [-0.1, -0.05) is 5.92 Å². The van der Waals surface area contributed by atoms with Crippen LogP contribution in [0.15, 0.2) is 30.3 Å². The lowest BCUT2D eigenvalue weighted by atomic mass is 9.98. The Kier molecular flexibility index (Phi) is 2.96. The first-order chi connectivity index (χ1) is 9.72. The third-order valence-electron chi connectivity index (χ3n) is 3.13. The predicted molar refractivity (Wildman–Crippen MR) is 72.4 cm³/mol. The van der Waals surface area contributed by atoms with Crippen LogP contribution in [0.2, 0.25) is 0 Å². The van der Waals surface area contributed by atoms with Gasteiger partial charge in [0, 0.05) is 28.8 Å². The van der Waals surface area contributed by atoms with Crippen molar-refractivity contribution in [1.82, 2.24) is 0 Å². The van der Waals surface area contributed by atoms with Crippen molar-refractivity contribution < 1.29 is 18.6 Å². The van der Waals surface area contributed by atoms with Gasteiger partial charge in [0.05, 0.1) is 7.11 Å². The van der Waals surface area contributed by atoms with E-state index in [0.29, 0.717) is 33.9 Å². The lowest BCUT2D eigenvalue weighted by Gasteiger charge is -2.09. The fourth-order valence-corrected chi connectivity index (χ4v) is 2.13. The van der Waals surface area contributed by atoms with Crippen molar-refractivity contribution in [1.29, 1.82) is 0 Å². The van der Waals surface area contributed by atoms with Gasteiger partial charge in [-0.25, -0.2) is 4.39 Å². The largest absolute Gasteiger partial charge is 0.497 e. The van der Waals surface area contributed by atoms with Gasteiger partial charge in [0.1, 0.15) is 11.6 Å². The number of fused-ring (bicyclic) bond motifs is 1. The number of hydrogen-bond acceptors (Lipinski definition) is 3. The zero-order chi connectivity index (χ0) is 14.1. The number of hydrogen-bond donors (Lipinski definition) is 0. The van der Waals surface area contributed by atoms with E-state index in [9.17, 15) is 4.39 Å². The molecule has 0 spiro atoms. The third kappa shape index (κ3) is 1.94. The highest BCUT2D eigenvalue weighted by Crippen LogP contribution is 2.39. The van der Waals surface area contributed by atoms with E-state index < -0.39 is 5.82 Å². The van der Waals surface area contributed by atoms with Crippen molar-refractivity contribution >= 4 is 0 Å². The van der Waals surface area contributed by atoms with Gasteiger partial charge >= 0.3 is 0 Å². The van der Waals surface area contributed by atoms with Crippen LogP contribution in [0.25, 0.3) is 11.1 Å². The lowest BCUT2D eigenvalue weighted by Crippen LogP contribution is -1.92. The molecule has 0 N–H and O–H groups in total. The quantitative estimate of drug-likeness (QED) is 0.784. The summed E-state index contributed by atoms with van der Waals surface area (Å²) >= 11 is 0. The van der Waals surface area contributed by atoms with Gasteiger partial charge in [0.25, 0.3) is 0 Å². The predicted octanol–water partition coefficient (Wildman–Crippen LogP) is 3.21. The Morgan fingerprint density at radius 2 is 1.90 bits per heavy atom. The number of methoxy groups -OCH3 is 1. The molecule has 3 nitrogen and oxygen atoms in total. The fourth-order valence-electron chi connectivity index (χ4n) is 2.13. The molecule has 3 rings (SSSR count). The maximum atomic E-state index is 14.2. The summed E-state index contributed by atoms with van der Waals surface area (Å²) < 4.78 is 29.7. The summed E-state index contributed by atoms with van der Waals surface area (Å²) in [5, 5.41) is 0. The summed E-state index contributed by atoms with van der Waals surface area (Å²) in [5.41, 5.74) is 1.55. The molecule has 0 aromatic heterocycles. The van der Waals surface area contributed by atoms with Gasteiger partial charge in [-0.15, -0.1) is 6.42 Å². The molecule has 2 aromatic carbocycles. The zero-order valence-electron chi connectivity index (χ0n) is 10.8. The first kappa shape index (κ1) is 12.4. The SMILES string of the molecule is C#Cc1cc2c(cc1-c1ccc(OC)cc1F)OCO2. The van der Waals surface area contributed by atoms with Crippen molar-refractivity contribution in [3.63, 3.8) is 0 Å². The molecule has 0 saturated heterocycles. The number of benzene rings is 2. The molecule has 0 saturated carbocycles. The van der Waals surface area contributed by atoms with Crippen molar-refractivity contribution in [3.8, 4) is 40.7 Å². The number of ether oxygens (including phenoxy) is 3. The second-order valence-corrected chi connectivity index (χ2v) is 4.24. The molecule has 0 fully saturated rings. The molecule has 0 amide bonds. The van der Waals surface area contributed by atoms with Crippen LogP contribution in [0.1, 0.15) is 5.56 Å². The molecule has 1 heterocycles. The minimum atomic E-state index is -0.403. The van der Waals surface area contributed by atoms with Crippen LogP contribution in [0.5, 0.6) is 17.2 Å². The van der Waals surface area contributed by atoms with Crippen LogP contribution in [0.3, 0.4) is 0 Å². The van der Waals surface area contributed by atoms with Crippen LogP contribution in [0.4, 0.5) is 4.39 Å². The van der Waals surface area contributed by atoms with Crippen LogP contribution >= 0.6 is 0 Å². The lowest BCUT2D eigenvalue weighted by molar-refractivity contribution is 0.174. The molecular weight excluding hydrogens is 259 g/mol. The summed E-state index contributed by atoms with van der Waals surface area (Å²) in [6.45, 7) is 0.147. The third-order valence-corrected chi connectivity index (χ3v) is 3.13. The fraction of sp³-hybridized carbons (Fsp3) is 0.125. The van der Waals surface area contributed by atoms with Crippen LogP contribution in [0, 0.1) is 18.2 Å². The van der Waals surface area contributed by atoms with Crippen molar-refractivity contribution in [3.05, 3.63) is 41.7 Å². The number of halogens is 1. The molecule has 1 aliphatic heterocycles. The summed E-state index contributed by atoms with van der Waals surface area (Å²) in [7, 11) is 1.49. The molecule has 4 heteroatoms. The Labute approximate surface area is 115 Å². The monoisotopic (exact) mass is 270 g/mol. The van der Waals surface area contributed by atoms with Crippen LogP contribution < -0.4 is 14.2 Å². The van der Waals surface area contributed by atoms with Crippen LogP contribution in [-0.2, 0) is 0 Å². The highest BCUT2D eigenvalue weighted by Gasteiger charge is 2.19. The van der Waals surface area contributed by atoms with Gasteiger partial charge in [-0.2, -0.15) is 0 Å². The summed E-state index contributed by atoms with van der Waals surface area (Å²) in [6, 6.07) is 8.01. The molecule has 0 radical (unpaired) electrons. The zero-order valence-corrected chi connectivity index (χ0v) is 10.8. The average molecular weight is 270 g/mol. The van der Waals surface area contributed by atoms with Gasteiger partial charge in [-0.3, -0.25) is 0 Å². The van der Waals surface area contributed by atoms with Gasteiger partial charge in [-0.05, 0) is 18.2 Å². The molecule has 100 valence electrons. The summed E-state index contributed by atoms with van der Waals surface area (Å²) in [5.74, 6) is 3.74. The number of terminal acetylenes is 1. The smallest absolute Gasteiger partial charge is 0.231 e. The molecule has 0 atom stereocenters. The second kappa shape index (κ2) is 4.78. The molecule has 20 heavy (non-hydrogen) atoms. The summed E-state index contributed by atoms with van der Waals surface area (Å²) in [6.07, 6.45) is 5.49. The average Bonchev–Trinajstić information content (AvgIpc) is 2.92. The van der Waals surface area contributed by atoms with Crippen LogP contribution in [-0.4, -0.2) is 13.9 Å². The number of rotatable bonds is 2. The van der Waals surface area contributed by atoms with Crippen molar-refractivity contribution in [2.75, 3.05) is 13.9 Å². The molecule has 0 bridgehead atoms. The van der Waals surface area contributed by atoms with Gasteiger partial charge in [0.15, 0.2) is 11.5 Å². The maximum absolute atomic E-state index is 14.2. The highest BCUT2D eigenvalue weighted by atomic mass is 19.1. The minimum Gasteiger partial charge on any atom is -0.497 e. The topological polar surface area (TPSA) is 27.7 Å². The second-order valence-electron chi connectivity index (χ2n) is 4.24. The van der Waals surface area contributed by atoms with Crippen molar-refractivity contribution in [2.24, 2.45) is 0 Å². The van der Waals surface area contributed by atoms with Gasteiger partial charge in [0.2, 0.25) is 6.79 Å². The molecule has 0 unspecified atom stereocenters. The maximum Gasteiger partial charge on any atom is 0.231 e. The van der Waals surface area contributed by atoms with E-state index in [1.165, 1.54) is 13.2 Å². The van der Waals surface area contributed by atoms with E-state index in [1.54, 1.807) is 24.3 Å². The molecule has 2 aromatic rings. The highest BCUT2D eigenvalue weighted by molar-refractivity contribution is 5.75. The van der Waals surface area contributed by atoms with E-state index in [2.05, 4.69) is 5.92 Å². The Hall–Kier alpha value is -2.67. The van der Waals surface area contributed by atoms with E-state index in [4.69, 9.17) is 20.6 Å². The van der Waals surface area contributed by atoms with Gasteiger partial charge < -0.3 is 14.2 Å². The first-order valence-corrected chi connectivity index (χ1v) is 5.97. The summed E-state index contributed by atoms with van der Waals surface area (Å²) in [4.78, 5) is 0. The normalized spacial score (nSPS) is 12.1. The van der Waals surface area contributed by atoms with Crippen molar-refractivity contribution in [2.45, 2.75) is 0 Å². The Morgan fingerprint density at radius 1 is 1.15 bits per heavy atom. The Balaban J connectivity index is 2.17. The van der Waals surface area contributed by atoms with E-state index >= 15 is 0 Å². The Bertz CT molecular complexity index is 716. The van der Waals surface area contributed by atoms with E-state index in [1.807, 2.05) is 0 Å². The molecule has 0 aliphatic carbocycles. The standard InChI is InChI=1S/C16H11FO3/c1-3-10-6-15-16(20-9-19-15)8-13(10)12-5-4-11(18-2)7-14(12)17/h1,4-8H,9H2,2H3. The Morgan fingerprint density at radius 3 is 2.55 bits per heavy atom. The minimum absolute atomic E-state index is 0.147. The first-order valence-electron chi connectivity index (χ1n) is 5.97.